The van der Waals surface area contributed by atoms with Crippen molar-refractivity contribution in [1.82, 2.24) is 9.80 Å². The molecule has 3 saturated heterocycles. The van der Waals surface area contributed by atoms with Gasteiger partial charge in [0.15, 0.2) is 5.76 Å². The molecule has 0 unspecified atom stereocenters. The third-order valence-corrected chi connectivity index (χ3v) is 6.06. The minimum Gasteiger partial charge on any atom is -0.478 e. The highest BCUT2D eigenvalue weighted by atomic mass is 16.4. The van der Waals surface area contributed by atoms with Gasteiger partial charge in [0.05, 0.1) is 0 Å². The number of hydrogen-bond donors (Lipinski definition) is 3. The predicted octanol–water partition coefficient (Wildman–Crippen LogP) is 3.17. The number of piperidine rings is 1. The number of rotatable bonds is 6. The molecule has 0 atom stereocenters. The van der Waals surface area contributed by atoms with E-state index in [-0.39, 0.29) is 17.7 Å². The summed E-state index contributed by atoms with van der Waals surface area (Å²) >= 11 is 0. The summed E-state index contributed by atoms with van der Waals surface area (Å²) in [5.41, 5.74) is 1.63. The molecule has 0 aliphatic carbocycles. The van der Waals surface area contributed by atoms with Gasteiger partial charge in [-0.1, -0.05) is 13.8 Å². The molecule has 10 heteroatoms. The fraction of sp³-hybridized carbons (Fsp3) is 0.385. The van der Waals surface area contributed by atoms with Crippen LogP contribution in [0.5, 0.6) is 0 Å². The van der Waals surface area contributed by atoms with Gasteiger partial charge in [-0.05, 0) is 49.2 Å². The molecule has 1 aromatic heterocycles. The number of nitrogens with zero attached hydrogens (tertiary/aromatic N) is 2. The number of aliphatic carboxylic acids is 2. The molecular formula is C26H31N3O7. The quantitative estimate of drug-likeness (QED) is 0.517. The van der Waals surface area contributed by atoms with Gasteiger partial charge >= 0.3 is 11.9 Å². The summed E-state index contributed by atoms with van der Waals surface area (Å²) in [5.74, 6) is -1.55. The predicted molar refractivity (Wildman–Crippen MR) is 133 cm³/mol. The fourth-order valence-corrected chi connectivity index (χ4v) is 4.05. The Hall–Kier alpha value is -3.92. The van der Waals surface area contributed by atoms with E-state index in [9.17, 15) is 19.2 Å². The summed E-state index contributed by atoms with van der Waals surface area (Å²) in [6.45, 7) is 7.59. The SMILES string of the molecule is CC(C)C(=O)Nc1ccc(-c2ccc(C(=O)N3CCN4CCC3CC4)o2)cc1.O=C(O)/C=C/C(=O)O. The number of anilines is 1. The van der Waals surface area contributed by atoms with Gasteiger partial charge in [-0.2, -0.15) is 0 Å². The first kappa shape index (κ1) is 26.7. The van der Waals surface area contributed by atoms with Crippen molar-refractivity contribution in [3.05, 3.63) is 54.3 Å². The van der Waals surface area contributed by atoms with Gasteiger partial charge in [-0.3, -0.25) is 9.59 Å². The maximum absolute atomic E-state index is 13.0. The van der Waals surface area contributed by atoms with Crippen LogP contribution in [-0.4, -0.2) is 76.0 Å². The lowest BCUT2D eigenvalue weighted by Gasteiger charge is -2.30. The first-order valence-corrected chi connectivity index (χ1v) is 11.8. The lowest BCUT2D eigenvalue weighted by molar-refractivity contribution is -0.134. The molecule has 4 heterocycles. The van der Waals surface area contributed by atoms with E-state index in [1.807, 2.05) is 49.1 Å². The number of carboxylic acids is 2. The second kappa shape index (κ2) is 12.2. The molecule has 5 rings (SSSR count). The van der Waals surface area contributed by atoms with Crippen molar-refractivity contribution in [1.29, 1.82) is 0 Å². The molecule has 1 aromatic carbocycles. The zero-order valence-electron chi connectivity index (χ0n) is 20.3. The van der Waals surface area contributed by atoms with Crippen molar-refractivity contribution in [2.24, 2.45) is 5.92 Å². The molecular weight excluding hydrogens is 466 g/mol. The van der Waals surface area contributed by atoms with Crippen LogP contribution in [0.15, 0.2) is 53.0 Å². The summed E-state index contributed by atoms with van der Waals surface area (Å²) in [4.78, 5) is 48.3. The normalized spacial score (nSPS) is 18.9. The van der Waals surface area contributed by atoms with E-state index in [1.54, 1.807) is 6.07 Å². The molecule has 3 fully saturated rings. The van der Waals surface area contributed by atoms with Gasteiger partial charge in [0.25, 0.3) is 5.91 Å². The number of carboxylic acid groups (broad SMARTS) is 2. The second-order valence-electron chi connectivity index (χ2n) is 8.97. The van der Waals surface area contributed by atoms with Gasteiger partial charge in [-0.25, -0.2) is 9.59 Å². The van der Waals surface area contributed by atoms with Crippen molar-refractivity contribution < 1.29 is 33.8 Å². The molecule has 0 radical (unpaired) electrons. The van der Waals surface area contributed by atoms with E-state index in [0.717, 1.165) is 50.3 Å². The maximum atomic E-state index is 13.0. The van der Waals surface area contributed by atoms with E-state index in [1.165, 1.54) is 0 Å². The molecule has 36 heavy (non-hydrogen) atoms. The van der Waals surface area contributed by atoms with Gasteiger partial charge < -0.3 is 29.7 Å². The Morgan fingerprint density at radius 2 is 1.53 bits per heavy atom. The minimum atomic E-state index is -1.26. The van der Waals surface area contributed by atoms with Crippen molar-refractivity contribution in [3.63, 3.8) is 0 Å². The molecule has 192 valence electrons. The lowest BCUT2D eigenvalue weighted by atomic mass is 10.1. The summed E-state index contributed by atoms with van der Waals surface area (Å²) in [5, 5.41) is 18.5. The Morgan fingerprint density at radius 1 is 0.917 bits per heavy atom. The summed E-state index contributed by atoms with van der Waals surface area (Å²) in [6.07, 6.45) is 3.20. The third-order valence-electron chi connectivity index (χ3n) is 6.06. The smallest absolute Gasteiger partial charge is 0.328 e. The zero-order valence-corrected chi connectivity index (χ0v) is 20.3. The molecule has 2 bridgehead atoms. The van der Waals surface area contributed by atoms with Crippen molar-refractivity contribution in [2.45, 2.75) is 32.7 Å². The molecule has 3 aliphatic heterocycles. The number of furan rings is 1. The Morgan fingerprint density at radius 3 is 2.08 bits per heavy atom. The second-order valence-corrected chi connectivity index (χ2v) is 8.97. The van der Waals surface area contributed by atoms with Crippen LogP contribution in [0.4, 0.5) is 5.69 Å². The van der Waals surface area contributed by atoms with E-state index >= 15 is 0 Å². The van der Waals surface area contributed by atoms with E-state index in [2.05, 4.69) is 10.2 Å². The van der Waals surface area contributed by atoms with Crippen LogP contribution in [0.3, 0.4) is 0 Å². The summed E-state index contributed by atoms with van der Waals surface area (Å²) in [6, 6.07) is 11.4. The minimum absolute atomic E-state index is 0.0124. The Labute approximate surface area is 209 Å². The van der Waals surface area contributed by atoms with Crippen molar-refractivity contribution >= 4 is 29.4 Å². The van der Waals surface area contributed by atoms with Crippen LogP contribution in [0.2, 0.25) is 0 Å². The molecule has 3 N–H and O–H groups in total. The Bertz CT molecular complexity index is 1100. The lowest BCUT2D eigenvalue weighted by Crippen LogP contribution is -2.41. The van der Waals surface area contributed by atoms with Crippen LogP contribution in [0.1, 0.15) is 37.2 Å². The van der Waals surface area contributed by atoms with E-state index in [4.69, 9.17) is 14.6 Å². The zero-order chi connectivity index (χ0) is 26.2. The average molecular weight is 498 g/mol. The first-order chi connectivity index (χ1) is 17.1. The van der Waals surface area contributed by atoms with Crippen molar-refractivity contribution in [2.75, 3.05) is 31.5 Å². The highest BCUT2D eigenvalue weighted by Crippen LogP contribution is 2.27. The number of fused-ring (bicyclic) bond motifs is 4. The average Bonchev–Trinajstić information content (AvgIpc) is 3.15. The molecule has 3 aliphatic rings. The largest absolute Gasteiger partial charge is 0.478 e. The Balaban J connectivity index is 0.000000392. The van der Waals surface area contributed by atoms with Crippen LogP contribution in [0.25, 0.3) is 11.3 Å². The molecule has 0 spiro atoms. The van der Waals surface area contributed by atoms with Crippen LogP contribution in [-0.2, 0) is 14.4 Å². The number of amides is 2. The van der Waals surface area contributed by atoms with Gasteiger partial charge in [0.2, 0.25) is 5.91 Å². The van der Waals surface area contributed by atoms with Gasteiger partial charge in [0.1, 0.15) is 5.76 Å². The van der Waals surface area contributed by atoms with Crippen LogP contribution >= 0.6 is 0 Å². The molecule has 2 aromatic rings. The summed E-state index contributed by atoms with van der Waals surface area (Å²) in [7, 11) is 0. The topological polar surface area (TPSA) is 140 Å². The highest BCUT2D eigenvalue weighted by molar-refractivity contribution is 5.93. The van der Waals surface area contributed by atoms with Crippen LogP contribution < -0.4 is 5.32 Å². The summed E-state index contributed by atoms with van der Waals surface area (Å²) < 4.78 is 5.90. The van der Waals surface area contributed by atoms with Gasteiger partial charge in [-0.15, -0.1) is 0 Å². The fourth-order valence-electron chi connectivity index (χ4n) is 4.05. The molecule has 0 saturated carbocycles. The number of hydrogen-bond acceptors (Lipinski definition) is 6. The van der Waals surface area contributed by atoms with E-state index in [0.29, 0.717) is 29.7 Å². The molecule has 10 nitrogen and oxygen atoms in total. The first-order valence-electron chi connectivity index (χ1n) is 11.8. The van der Waals surface area contributed by atoms with Crippen LogP contribution in [0, 0.1) is 5.92 Å². The van der Waals surface area contributed by atoms with E-state index < -0.39 is 11.9 Å². The number of benzene rings is 1. The van der Waals surface area contributed by atoms with Gasteiger partial charge in [0, 0.05) is 61.5 Å². The van der Waals surface area contributed by atoms with Crippen molar-refractivity contribution in [3.8, 4) is 11.3 Å². The number of nitrogens with one attached hydrogen (secondary N) is 1. The monoisotopic (exact) mass is 497 g/mol. The number of carbonyl (C=O) groups excluding carboxylic acids is 2. The maximum Gasteiger partial charge on any atom is 0.328 e. The Kier molecular flexibility index (Phi) is 9.02. The molecule has 2 amide bonds. The third kappa shape index (κ3) is 7.29. The highest BCUT2D eigenvalue weighted by Gasteiger charge is 2.33. The number of carbonyl (C=O) groups is 4. The standard InChI is InChI=1S/C22H27N3O3.C4H4O4/c1-15(2)21(26)23-17-5-3-16(4-6-17)19-7-8-20(28-19)22(27)25-14-13-24-11-9-18(25)10-12-24;5-3(6)1-2-4(7)8/h3-8,15,18H,9-14H2,1-2H3,(H,23,26);1-2H,(H,5,6)(H,7,8)/b;2-1+.